The number of benzene rings is 11. The molecule has 384 valence electrons. The van der Waals surface area contributed by atoms with Gasteiger partial charge in [0, 0.05) is 39.3 Å². The Hall–Kier alpha value is -9.50. The monoisotopic (exact) mass is 1030 g/mol. The topological polar surface area (TPSA) is 6.48 Å². The molecule has 0 saturated heterocycles. The van der Waals surface area contributed by atoms with E-state index in [1.807, 2.05) is 0 Å². The van der Waals surface area contributed by atoms with Crippen molar-refractivity contribution < 1.29 is 0 Å². The number of rotatable bonds is 11. The van der Waals surface area contributed by atoms with E-state index in [4.69, 9.17) is 0 Å². The smallest absolute Gasteiger partial charge is 0.0563 e. The molecule has 0 amide bonds. The normalized spacial score (nSPS) is 15.2. The van der Waals surface area contributed by atoms with Crippen LogP contribution in [0.15, 0.2) is 291 Å². The van der Waals surface area contributed by atoms with Gasteiger partial charge in [0.05, 0.1) is 6.04 Å². The molecule has 0 saturated carbocycles. The first-order chi connectivity index (χ1) is 39.2. The van der Waals surface area contributed by atoms with Crippen molar-refractivity contribution >= 4 is 34.0 Å². The third kappa shape index (κ3) is 8.60. The molecule has 0 radical (unpaired) electrons. The van der Waals surface area contributed by atoms with E-state index >= 15 is 0 Å². The van der Waals surface area contributed by atoms with E-state index in [0.717, 1.165) is 23.5 Å². The fourth-order valence-corrected chi connectivity index (χ4v) is 13.2. The Morgan fingerprint density at radius 1 is 0.300 bits per heavy atom. The van der Waals surface area contributed by atoms with Crippen LogP contribution in [0.2, 0.25) is 0 Å². The second-order valence-electron chi connectivity index (χ2n) is 22.9. The summed E-state index contributed by atoms with van der Waals surface area (Å²) in [6, 6.07) is 101. The molecule has 2 nitrogen and oxygen atoms in total. The standard InChI is InChI=1S/C78H62N2/c1-77(2)73-27-13-11-25-69(73)71-47-45-67(51-75(71)77)79(63-37-29-55(30-38-63)53-17-7-5-8-18-53)65-41-33-57(34-42-65)59-21-15-23-61(49-59)62-24-16-22-60(50-62)58-35-43-66(44-36-58)80(64-39-31-56(32-40-64)54-19-9-6-10-20-54)68-46-48-72-70-26-12-14-28-74(70)78(3,4)76(72)52-68/h5-51,68H,52H2,1-4H3. The summed E-state index contributed by atoms with van der Waals surface area (Å²) in [5.41, 5.74) is 28.6. The van der Waals surface area contributed by atoms with Crippen molar-refractivity contribution in [2.45, 2.75) is 51.0 Å². The number of allylic oxidation sites excluding steroid dienone is 2. The number of nitrogens with zero attached hydrogens (tertiary/aromatic N) is 2. The molecule has 3 aliphatic rings. The zero-order valence-electron chi connectivity index (χ0n) is 45.8. The van der Waals surface area contributed by atoms with Gasteiger partial charge in [-0.2, -0.15) is 0 Å². The molecular formula is C78H62N2. The first-order valence-corrected chi connectivity index (χ1v) is 28.2. The lowest BCUT2D eigenvalue weighted by molar-refractivity contribution is 0.585. The van der Waals surface area contributed by atoms with Gasteiger partial charge in [0.15, 0.2) is 0 Å². The van der Waals surface area contributed by atoms with Crippen LogP contribution in [0.4, 0.5) is 28.4 Å². The number of anilines is 5. The van der Waals surface area contributed by atoms with Crippen molar-refractivity contribution in [3.63, 3.8) is 0 Å². The van der Waals surface area contributed by atoms with E-state index in [9.17, 15) is 0 Å². The number of hydrogen-bond acceptors (Lipinski definition) is 2. The summed E-state index contributed by atoms with van der Waals surface area (Å²) in [6.07, 6.45) is 5.77. The minimum Gasteiger partial charge on any atom is -0.334 e. The summed E-state index contributed by atoms with van der Waals surface area (Å²) in [5.74, 6) is 0. The minimum absolute atomic E-state index is 0.0361. The Labute approximate surface area is 472 Å². The average molecular weight is 1030 g/mol. The van der Waals surface area contributed by atoms with Gasteiger partial charge in [-0.1, -0.05) is 240 Å². The third-order valence-corrected chi connectivity index (χ3v) is 17.5. The van der Waals surface area contributed by atoms with Gasteiger partial charge in [0.1, 0.15) is 0 Å². The van der Waals surface area contributed by atoms with Gasteiger partial charge < -0.3 is 9.80 Å². The molecule has 11 aromatic rings. The molecule has 1 atom stereocenters. The van der Waals surface area contributed by atoms with Crippen molar-refractivity contribution in [2.24, 2.45) is 0 Å². The van der Waals surface area contributed by atoms with Gasteiger partial charge in [-0.05, 0) is 179 Å². The maximum absolute atomic E-state index is 2.54. The van der Waals surface area contributed by atoms with Gasteiger partial charge in [-0.3, -0.25) is 0 Å². The number of fused-ring (bicyclic) bond motifs is 5. The van der Waals surface area contributed by atoms with Gasteiger partial charge in [0.2, 0.25) is 0 Å². The zero-order chi connectivity index (χ0) is 54.0. The molecule has 2 heteroatoms. The summed E-state index contributed by atoms with van der Waals surface area (Å²) >= 11 is 0. The lowest BCUT2D eigenvalue weighted by atomic mass is 9.77. The van der Waals surface area contributed by atoms with E-state index in [1.165, 1.54) is 112 Å². The van der Waals surface area contributed by atoms with E-state index in [-0.39, 0.29) is 16.9 Å². The highest BCUT2D eigenvalue weighted by molar-refractivity contribution is 5.89. The summed E-state index contributed by atoms with van der Waals surface area (Å²) in [7, 11) is 0. The van der Waals surface area contributed by atoms with E-state index in [1.54, 1.807) is 0 Å². The molecule has 0 aliphatic heterocycles. The van der Waals surface area contributed by atoms with Crippen molar-refractivity contribution in [2.75, 3.05) is 9.80 Å². The fourth-order valence-electron chi connectivity index (χ4n) is 13.2. The van der Waals surface area contributed by atoms with Crippen LogP contribution in [0.1, 0.15) is 56.4 Å². The van der Waals surface area contributed by atoms with Gasteiger partial charge in [-0.15, -0.1) is 0 Å². The second kappa shape index (κ2) is 19.7. The lowest BCUT2D eigenvalue weighted by Crippen LogP contribution is -2.33. The van der Waals surface area contributed by atoms with Crippen molar-refractivity contribution in [3.05, 3.63) is 313 Å². The Balaban J connectivity index is 0.750. The zero-order valence-corrected chi connectivity index (χ0v) is 45.8. The molecule has 0 aromatic heterocycles. The highest BCUT2D eigenvalue weighted by atomic mass is 15.2. The first-order valence-electron chi connectivity index (χ1n) is 28.2. The predicted octanol–water partition coefficient (Wildman–Crippen LogP) is 21.0. The molecule has 1 unspecified atom stereocenters. The predicted molar refractivity (Wildman–Crippen MR) is 338 cm³/mol. The molecule has 0 spiro atoms. The van der Waals surface area contributed by atoms with Crippen LogP contribution in [0, 0.1) is 0 Å². The van der Waals surface area contributed by atoms with Crippen LogP contribution in [0.5, 0.6) is 0 Å². The maximum Gasteiger partial charge on any atom is 0.0563 e. The van der Waals surface area contributed by atoms with Gasteiger partial charge in [0.25, 0.3) is 0 Å². The quantitative estimate of drug-likeness (QED) is 0.127. The van der Waals surface area contributed by atoms with E-state index in [2.05, 4.69) is 323 Å². The van der Waals surface area contributed by atoms with Crippen LogP contribution >= 0.6 is 0 Å². The van der Waals surface area contributed by atoms with Gasteiger partial charge in [-0.25, -0.2) is 0 Å². The number of hydrogen-bond donors (Lipinski definition) is 0. The third-order valence-electron chi connectivity index (χ3n) is 17.5. The van der Waals surface area contributed by atoms with Crippen LogP contribution in [0.25, 0.3) is 72.3 Å². The Morgan fingerprint density at radius 3 is 1.19 bits per heavy atom. The highest BCUT2D eigenvalue weighted by Gasteiger charge is 2.40. The van der Waals surface area contributed by atoms with E-state index < -0.39 is 0 Å². The largest absolute Gasteiger partial charge is 0.334 e. The summed E-state index contributed by atoms with van der Waals surface area (Å²) in [5, 5.41) is 0. The van der Waals surface area contributed by atoms with Gasteiger partial charge >= 0.3 is 0 Å². The summed E-state index contributed by atoms with van der Waals surface area (Å²) < 4.78 is 0. The molecule has 0 bridgehead atoms. The second-order valence-corrected chi connectivity index (χ2v) is 22.9. The summed E-state index contributed by atoms with van der Waals surface area (Å²) in [6.45, 7) is 9.51. The van der Waals surface area contributed by atoms with Crippen LogP contribution < -0.4 is 9.80 Å². The fraction of sp³-hybridized carbons (Fsp3) is 0.103. The maximum atomic E-state index is 2.54. The Kier molecular flexibility index (Phi) is 12.1. The summed E-state index contributed by atoms with van der Waals surface area (Å²) in [4.78, 5) is 4.95. The van der Waals surface area contributed by atoms with Crippen LogP contribution in [0.3, 0.4) is 0 Å². The molecular weight excluding hydrogens is 965 g/mol. The van der Waals surface area contributed by atoms with Crippen molar-refractivity contribution in [1.29, 1.82) is 0 Å². The molecule has 11 aromatic carbocycles. The highest BCUT2D eigenvalue weighted by Crippen LogP contribution is 2.53. The average Bonchev–Trinajstić information content (AvgIpc) is 4.15. The molecule has 14 rings (SSSR count). The van der Waals surface area contributed by atoms with E-state index in [0.29, 0.717) is 0 Å². The molecule has 80 heavy (non-hydrogen) atoms. The Morgan fingerprint density at radius 2 is 0.675 bits per heavy atom. The van der Waals surface area contributed by atoms with Crippen molar-refractivity contribution in [1.82, 2.24) is 0 Å². The van der Waals surface area contributed by atoms with Crippen LogP contribution in [-0.4, -0.2) is 6.04 Å². The molecule has 0 N–H and O–H groups in total. The Bertz CT molecular complexity index is 4160. The SMILES string of the molecule is CC1(C)C2=C(C=CC(N(c3ccc(-c4ccccc4)cc3)c3ccc(-c4cccc(-c5cccc(-c6ccc(N(c7ccc(-c8ccccc8)cc7)c7ccc8c(c7)C(C)(C)c7ccccc7-8)cc6)c5)c4)cc3)C2)c2ccccc21. The molecule has 0 heterocycles. The lowest BCUT2D eigenvalue weighted by Gasteiger charge is -2.37. The minimum atomic E-state index is -0.111. The molecule has 3 aliphatic carbocycles. The first kappa shape index (κ1) is 48.8. The molecule has 0 fully saturated rings. The van der Waals surface area contributed by atoms with Crippen LogP contribution in [-0.2, 0) is 10.8 Å². The van der Waals surface area contributed by atoms with Crippen molar-refractivity contribution in [3.8, 4) is 66.8 Å².